The third kappa shape index (κ3) is 34.1. The maximum absolute atomic E-state index is 12.7. The number of unbranched alkanes of at least 4 members (excludes halogenated alkanes) is 21. The Morgan fingerprint density at radius 1 is 0.612 bits per heavy atom. The molecule has 49 heavy (non-hydrogen) atoms. The Bertz CT molecular complexity index is 828. The first-order chi connectivity index (χ1) is 23.9. The summed E-state index contributed by atoms with van der Waals surface area (Å²) in [7, 11) is 0. The normalized spacial score (nSPS) is 12.9. The van der Waals surface area contributed by atoms with Crippen molar-refractivity contribution in [2.75, 3.05) is 6.54 Å². The molecule has 7 heteroatoms. The molecule has 0 aliphatic heterocycles. The lowest BCUT2D eigenvalue weighted by Crippen LogP contribution is -2.40. The molecule has 0 aromatic rings. The van der Waals surface area contributed by atoms with Crippen LogP contribution in [0.2, 0.25) is 0 Å². The number of carbonyl (C=O) groups is 3. The molecule has 0 saturated carbocycles. The minimum Gasteiger partial charge on any atom is -0.480 e. The van der Waals surface area contributed by atoms with Crippen molar-refractivity contribution < 1.29 is 24.2 Å². The zero-order valence-electron chi connectivity index (χ0n) is 32.0. The summed E-state index contributed by atoms with van der Waals surface area (Å²) in [5.74, 6) is -1.28. The second-order valence-corrected chi connectivity index (χ2v) is 14.1. The molecular weight excluding hydrogens is 612 g/mol. The van der Waals surface area contributed by atoms with E-state index in [1.807, 2.05) is 0 Å². The Hall–Kier alpha value is -2.15. The Balaban J connectivity index is 4.26. The highest BCUT2D eigenvalue weighted by Gasteiger charge is 2.18. The fraction of sp³-hybridized carbons (Fsp3) is 0.833. The predicted molar refractivity (Wildman–Crippen MR) is 207 cm³/mol. The van der Waals surface area contributed by atoms with Gasteiger partial charge in [0, 0.05) is 12.8 Å². The summed E-state index contributed by atoms with van der Waals surface area (Å²) in [6.07, 6.45) is 41.0. The van der Waals surface area contributed by atoms with Crippen molar-refractivity contribution >= 4 is 17.8 Å². The lowest BCUT2D eigenvalue weighted by molar-refractivity contribution is -0.147. The standard InChI is InChI=1S/C42H78N2O5/c1-3-5-7-9-11-13-14-15-16-17-18-20-26-30-36-41(46)49-38(32-27-23-19-12-10-8-6-4-2)33-28-24-21-22-25-29-35-40(45)44-39(42(47)48)34-31-37-43/h12,19,27,32,38-39H,3-11,13-18,20-26,28-31,33-37,43H2,1-2H3,(H,44,45)(H,47,48)/b19-12-,32-27-. The molecule has 0 aliphatic carbocycles. The molecule has 286 valence electrons. The number of esters is 1. The van der Waals surface area contributed by atoms with Gasteiger partial charge in [0.1, 0.15) is 12.1 Å². The summed E-state index contributed by atoms with van der Waals surface area (Å²) >= 11 is 0. The number of carboxylic acids is 1. The monoisotopic (exact) mass is 691 g/mol. The van der Waals surface area contributed by atoms with Crippen molar-refractivity contribution in [1.82, 2.24) is 5.32 Å². The van der Waals surface area contributed by atoms with Crippen molar-refractivity contribution in [1.29, 1.82) is 0 Å². The molecule has 0 aromatic heterocycles. The predicted octanol–water partition coefficient (Wildman–Crippen LogP) is 11.3. The number of allylic oxidation sites excluding steroid dienone is 3. The first-order valence-electron chi connectivity index (χ1n) is 20.7. The van der Waals surface area contributed by atoms with Gasteiger partial charge in [-0.2, -0.15) is 0 Å². The van der Waals surface area contributed by atoms with Crippen LogP contribution in [0.1, 0.15) is 206 Å². The van der Waals surface area contributed by atoms with Gasteiger partial charge in [-0.1, -0.05) is 154 Å². The Morgan fingerprint density at radius 3 is 1.67 bits per heavy atom. The topological polar surface area (TPSA) is 119 Å². The lowest BCUT2D eigenvalue weighted by atomic mass is 10.0. The van der Waals surface area contributed by atoms with Crippen LogP contribution >= 0.6 is 0 Å². The molecule has 0 aromatic carbocycles. The molecule has 4 N–H and O–H groups in total. The van der Waals surface area contributed by atoms with E-state index in [-0.39, 0.29) is 18.0 Å². The van der Waals surface area contributed by atoms with Gasteiger partial charge in [0.2, 0.25) is 5.91 Å². The Labute approximate surface area is 302 Å². The van der Waals surface area contributed by atoms with Crippen molar-refractivity contribution in [2.45, 2.75) is 219 Å². The number of carbonyl (C=O) groups excluding carboxylic acids is 2. The summed E-state index contributed by atoms with van der Waals surface area (Å²) < 4.78 is 5.92. The van der Waals surface area contributed by atoms with Crippen LogP contribution in [-0.4, -0.2) is 41.6 Å². The van der Waals surface area contributed by atoms with Crippen LogP contribution in [0.25, 0.3) is 0 Å². The molecule has 2 unspecified atom stereocenters. The number of hydrogen-bond donors (Lipinski definition) is 3. The molecule has 0 fully saturated rings. The molecule has 0 rings (SSSR count). The van der Waals surface area contributed by atoms with Crippen molar-refractivity contribution in [2.24, 2.45) is 5.73 Å². The van der Waals surface area contributed by atoms with E-state index >= 15 is 0 Å². The Kier molecular flexibility index (Phi) is 35.5. The van der Waals surface area contributed by atoms with Crippen LogP contribution in [0.5, 0.6) is 0 Å². The number of rotatable bonds is 37. The van der Waals surface area contributed by atoms with Crippen molar-refractivity contribution in [3.63, 3.8) is 0 Å². The average Bonchev–Trinajstić information content (AvgIpc) is 3.08. The second kappa shape index (κ2) is 37.1. The van der Waals surface area contributed by atoms with Crippen molar-refractivity contribution in [3.8, 4) is 0 Å². The van der Waals surface area contributed by atoms with Gasteiger partial charge < -0.3 is 20.9 Å². The highest BCUT2D eigenvalue weighted by atomic mass is 16.5. The van der Waals surface area contributed by atoms with E-state index in [4.69, 9.17) is 10.5 Å². The van der Waals surface area contributed by atoms with Crippen LogP contribution in [0.3, 0.4) is 0 Å². The molecule has 1 amide bonds. The maximum Gasteiger partial charge on any atom is 0.326 e. The highest BCUT2D eigenvalue weighted by molar-refractivity contribution is 5.83. The van der Waals surface area contributed by atoms with Gasteiger partial charge in [-0.05, 0) is 70.4 Å². The summed E-state index contributed by atoms with van der Waals surface area (Å²) in [6, 6.07) is -0.854. The van der Waals surface area contributed by atoms with Crippen LogP contribution in [0.15, 0.2) is 24.3 Å². The minimum atomic E-state index is -1.01. The van der Waals surface area contributed by atoms with Gasteiger partial charge in [0.25, 0.3) is 0 Å². The van der Waals surface area contributed by atoms with E-state index in [1.165, 1.54) is 96.3 Å². The van der Waals surface area contributed by atoms with Crippen LogP contribution < -0.4 is 11.1 Å². The number of nitrogens with one attached hydrogen (secondary N) is 1. The highest BCUT2D eigenvalue weighted by Crippen LogP contribution is 2.16. The smallest absolute Gasteiger partial charge is 0.326 e. The summed E-state index contributed by atoms with van der Waals surface area (Å²) in [6.45, 7) is 4.91. The maximum atomic E-state index is 12.7. The fourth-order valence-corrected chi connectivity index (χ4v) is 6.11. The number of nitrogens with two attached hydrogens (primary N) is 1. The first-order valence-corrected chi connectivity index (χ1v) is 20.7. The van der Waals surface area contributed by atoms with Crippen molar-refractivity contribution in [3.05, 3.63) is 24.3 Å². The van der Waals surface area contributed by atoms with Gasteiger partial charge in [-0.3, -0.25) is 9.59 Å². The van der Waals surface area contributed by atoms with Gasteiger partial charge in [-0.15, -0.1) is 0 Å². The van der Waals surface area contributed by atoms with Crippen LogP contribution in [-0.2, 0) is 19.1 Å². The van der Waals surface area contributed by atoms with Gasteiger partial charge in [0.15, 0.2) is 0 Å². The number of amides is 1. The molecule has 0 aliphatic rings. The molecule has 0 saturated heterocycles. The molecule has 0 spiro atoms. The van der Waals surface area contributed by atoms with Gasteiger partial charge in [0.05, 0.1) is 0 Å². The van der Waals surface area contributed by atoms with E-state index < -0.39 is 12.0 Å². The number of carboxylic acid groups (broad SMARTS) is 1. The second-order valence-electron chi connectivity index (χ2n) is 14.1. The van der Waals surface area contributed by atoms with Gasteiger partial charge in [-0.25, -0.2) is 4.79 Å². The molecule has 0 heterocycles. The third-order valence-electron chi connectivity index (χ3n) is 9.25. The molecule has 0 bridgehead atoms. The van der Waals surface area contributed by atoms with E-state index in [2.05, 4.69) is 43.5 Å². The lowest BCUT2D eigenvalue weighted by Gasteiger charge is -2.15. The Morgan fingerprint density at radius 2 is 1.12 bits per heavy atom. The summed E-state index contributed by atoms with van der Waals surface area (Å²) in [5, 5.41) is 11.9. The fourth-order valence-electron chi connectivity index (χ4n) is 6.11. The molecule has 2 atom stereocenters. The molecular formula is C42H78N2O5. The van der Waals surface area contributed by atoms with Crippen LogP contribution in [0, 0.1) is 0 Å². The summed E-state index contributed by atoms with van der Waals surface area (Å²) in [5.41, 5.74) is 5.47. The molecule has 0 radical (unpaired) electrons. The quantitative estimate of drug-likeness (QED) is 0.0339. The zero-order chi connectivity index (χ0) is 36.0. The van der Waals surface area contributed by atoms with E-state index in [9.17, 15) is 19.5 Å². The number of ether oxygens (including phenoxy) is 1. The van der Waals surface area contributed by atoms with E-state index in [0.29, 0.717) is 32.2 Å². The van der Waals surface area contributed by atoms with Crippen LogP contribution in [0.4, 0.5) is 0 Å². The van der Waals surface area contributed by atoms with Gasteiger partial charge >= 0.3 is 11.9 Å². The number of hydrogen-bond acceptors (Lipinski definition) is 5. The summed E-state index contributed by atoms with van der Waals surface area (Å²) in [4.78, 5) is 36.1. The molecule has 7 nitrogen and oxygen atoms in total. The third-order valence-corrected chi connectivity index (χ3v) is 9.25. The minimum absolute atomic E-state index is 0.0739. The number of aliphatic carboxylic acids is 1. The van der Waals surface area contributed by atoms with E-state index in [0.717, 1.165) is 70.6 Å². The van der Waals surface area contributed by atoms with E-state index in [1.54, 1.807) is 0 Å². The average molecular weight is 691 g/mol. The largest absolute Gasteiger partial charge is 0.480 e. The first kappa shape index (κ1) is 46.9. The zero-order valence-corrected chi connectivity index (χ0v) is 32.0. The SMILES string of the molecule is CCCCC/C=C\C/C=C\C(CCCCCCCCC(=O)NC(CCCN)C(=O)O)OC(=O)CCCCCCCCCCCCCCCC.